The summed E-state index contributed by atoms with van der Waals surface area (Å²) < 4.78 is 3.34. The van der Waals surface area contributed by atoms with Crippen LogP contribution >= 0.6 is 0 Å². The van der Waals surface area contributed by atoms with E-state index in [1.54, 1.807) is 11.1 Å². The molecule has 0 N–H and O–H groups in total. The standard InChI is InChI=1S/2C17H11.C17H18.CH2.2ClH.Zr/c2*1-2-6-15-12(4-1)8-10-14-11-9-13-5-3-7-16(13)17(14)15;1-2-8-14(9-3-1)16-12-6-7-13-17(16)15-10-4-5-11-15;;;;/h2*1-4,6,8-11H,7H2;1-3,6-9,12-13,16H,4-5,10-11H2;1H2;2*1H;/q2*-1;;;;;+2/p-2. The maximum absolute atomic E-state index is 3.34. The molecule has 7 aromatic rings. The van der Waals surface area contributed by atoms with E-state index < -0.39 is 0 Å². The molecule has 0 heterocycles. The van der Waals surface area contributed by atoms with Gasteiger partial charge >= 0.3 is 28.4 Å². The molecule has 0 saturated heterocycles. The average Bonchev–Trinajstić information content (AvgIpc) is 4.05. The van der Waals surface area contributed by atoms with Gasteiger partial charge in [-0.1, -0.05) is 157 Å². The van der Waals surface area contributed by atoms with Gasteiger partial charge in [0, 0.05) is 5.92 Å². The molecule has 0 bridgehead atoms. The Morgan fingerprint density at radius 2 is 0.982 bits per heavy atom. The largest absolute Gasteiger partial charge is 1.00 e. The fraction of sp³-hybridized carbons (Fsp3) is 0.135. The van der Waals surface area contributed by atoms with Crippen molar-refractivity contribution in [2.75, 3.05) is 0 Å². The third kappa shape index (κ3) is 8.41. The zero-order valence-corrected chi connectivity index (χ0v) is 34.8. The van der Waals surface area contributed by atoms with Gasteiger partial charge in [-0.05, 0) is 69.1 Å². The van der Waals surface area contributed by atoms with Crippen molar-refractivity contribution < 1.29 is 49.0 Å². The van der Waals surface area contributed by atoms with Crippen molar-refractivity contribution in [2.24, 2.45) is 0 Å². The third-order valence-corrected chi connectivity index (χ3v) is 11.0. The van der Waals surface area contributed by atoms with Crippen LogP contribution in [0, 0.1) is 12.2 Å². The van der Waals surface area contributed by atoms with E-state index >= 15 is 0 Å². The molecule has 55 heavy (non-hydrogen) atoms. The third-order valence-electron chi connectivity index (χ3n) is 11.0. The number of rotatable bonds is 1. The van der Waals surface area contributed by atoms with Crippen molar-refractivity contribution in [3.63, 3.8) is 0 Å². The predicted octanol–water partition coefficient (Wildman–Crippen LogP) is 7.25. The smallest absolute Gasteiger partial charge is 1.00 e. The average molecular weight is 829 g/mol. The van der Waals surface area contributed by atoms with Gasteiger partial charge in [0.15, 0.2) is 0 Å². The molecule has 3 heteroatoms. The minimum Gasteiger partial charge on any atom is -1.00 e. The van der Waals surface area contributed by atoms with Crippen LogP contribution < -0.4 is 24.8 Å². The van der Waals surface area contributed by atoms with E-state index in [-0.39, 0.29) is 24.8 Å². The van der Waals surface area contributed by atoms with Crippen LogP contribution in [-0.4, -0.2) is 4.21 Å². The Balaban J connectivity index is 0.000000135. The van der Waals surface area contributed by atoms with E-state index in [2.05, 4.69) is 180 Å². The molecule has 1 fully saturated rings. The Morgan fingerprint density at radius 3 is 1.53 bits per heavy atom. The van der Waals surface area contributed by atoms with Crippen molar-refractivity contribution in [1.82, 2.24) is 0 Å². The van der Waals surface area contributed by atoms with Crippen LogP contribution in [-0.2, 0) is 37.1 Å². The summed E-state index contributed by atoms with van der Waals surface area (Å²) in [6.07, 6.45) is 27.3. The number of allylic oxidation sites excluding steroid dienone is 8. The molecule has 0 amide bonds. The summed E-state index contributed by atoms with van der Waals surface area (Å²) in [7, 11) is 0. The van der Waals surface area contributed by atoms with E-state index in [1.807, 2.05) is 0 Å². The van der Waals surface area contributed by atoms with Crippen LogP contribution in [0.4, 0.5) is 0 Å². The van der Waals surface area contributed by atoms with Crippen molar-refractivity contribution in [3.05, 3.63) is 215 Å². The van der Waals surface area contributed by atoms with Gasteiger partial charge in [-0.3, -0.25) is 0 Å². The minimum atomic E-state index is 0. The summed E-state index contributed by atoms with van der Waals surface area (Å²) in [4.78, 5) is 0. The van der Waals surface area contributed by atoms with E-state index in [4.69, 9.17) is 0 Å². The fourth-order valence-corrected chi connectivity index (χ4v) is 8.49. The molecular formula is C52H42Cl2Zr-2. The normalized spacial score (nSPS) is 15.6. The maximum atomic E-state index is 3.34. The van der Waals surface area contributed by atoms with E-state index in [9.17, 15) is 0 Å². The zero-order valence-electron chi connectivity index (χ0n) is 30.9. The summed E-state index contributed by atoms with van der Waals surface area (Å²) in [6.45, 7) is 0. The molecule has 0 spiro atoms. The van der Waals surface area contributed by atoms with Crippen LogP contribution in [0.1, 0.15) is 59.4 Å². The molecule has 0 radical (unpaired) electrons. The summed E-state index contributed by atoms with van der Waals surface area (Å²) in [5.41, 5.74) is 10.0. The van der Waals surface area contributed by atoms with Crippen molar-refractivity contribution in [2.45, 2.75) is 44.4 Å². The first-order valence-corrected chi connectivity index (χ1v) is 20.6. The second kappa shape index (κ2) is 19.0. The molecule has 1 unspecified atom stereocenters. The zero-order chi connectivity index (χ0) is 36.0. The molecule has 1 atom stereocenters. The van der Waals surface area contributed by atoms with Gasteiger partial charge in [0.2, 0.25) is 0 Å². The monoisotopic (exact) mass is 826 g/mol. The molecule has 7 aromatic carbocycles. The number of halogens is 2. The second-order valence-electron chi connectivity index (χ2n) is 14.0. The Kier molecular flexibility index (Phi) is 13.9. The molecule has 0 nitrogen and oxygen atoms in total. The van der Waals surface area contributed by atoms with Gasteiger partial charge in [0.25, 0.3) is 0 Å². The van der Waals surface area contributed by atoms with Gasteiger partial charge in [-0.25, -0.2) is 0 Å². The maximum Gasteiger partial charge on any atom is -1.00 e. The SMILES string of the molecule is C1=CC(=C2CCCC2)C(c2ccccc2)C=C1.[C-]1=CCc2c1ccc1ccc3ccccc3c21.[C-]1=CCc2c1ccc1ccc3ccccc3c21.[CH2]=[Zr+2].[Cl-].[Cl-]. The Bertz CT molecular complexity index is 2460. The first-order valence-electron chi connectivity index (χ1n) is 18.8. The summed E-state index contributed by atoms with van der Waals surface area (Å²) in [5, 5.41) is 10.8. The molecule has 270 valence electrons. The molecule has 0 aromatic heterocycles. The van der Waals surface area contributed by atoms with Crippen LogP contribution in [0.15, 0.2) is 175 Å². The number of hydrogen-bond acceptors (Lipinski definition) is 0. The molecule has 4 aliphatic rings. The van der Waals surface area contributed by atoms with Gasteiger partial charge in [-0.2, -0.15) is 47.6 Å². The Hall–Kier alpha value is -4.39. The van der Waals surface area contributed by atoms with Gasteiger partial charge in [0.05, 0.1) is 0 Å². The van der Waals surface area contributed by atoms with Crippen LogP contribution in [0.2, 0.25) is 0 Å². The first-order chi connectivity index (χ1) is 26.3. The summed E-state index contributed by atoms with van der Waals surface area (Å²) in [6, 6.07) is 45.7. The number of hydrogen-bond donors (Lipinski definition) is 0. The topological polar surface area (TPSA) is 0 Å². The molecule has 11 rings (SSSR count). The van der Waals surface area contributed by atoms with E-state index in [1.165, 1.54) is 121 Å². The molecular weight excluding hydrogens is 787 g/mol. The number of fused-ring (bicyclic) bond motifs is 10. The van der Waals surface area contributed by atoms with Crippen LogP contribution in [0.3, 0.4) is 0 Å². The van der Waals surface area contributed by atoms with Crippen molar-refractivity contribution in [1.29, 1.82) is 0 Å². The van der Waals surface area contributed by atoms with Crippen LogP contribution in [0.25, 0.3) is 43.1 Å². The first kappa shape index (κ1) is 40.3. The molecule has 1 saturated carbocycles. The minimum absolute atomic E-state index is 0. The Labute approximate surface area is 353 Å². The van der Waals surface area contributed by atoms with Crippen LogP contribution in [0.5, 0.6) is 0 Å². The van der Waals surface area contributed by atoms with Gasteiger partial charge < -0.3 is 24.8 Å². The predicted molar refractivity (Wildman–Crippen MR) is 224 cm³/mol. The van der Waals surface area contributed by atoms with Crippen molar-refractivity contribution >= 4 is 47.3 Å². The summed E-state index contributed by atoms with van der Waals surface area (Å²) >= 11 is 1.30. The summed E-state index contributed by atoms with van der Waals surface area (Å²) in [5.74, 6) is 0.481. The quantitative estimate of drug-likeness (QED) is 0.121. The van der Waals surface area contributed by atoms with Gasteiger partial charge in [-0.15, -0.1) is 23.3 Å². The Morgan fingerprint density at radius 1 is 0.509 bits per heavy atom. The van der Waals surface area contributed by atoms with E-state index in [0.29, 0.717) is 5.92 Å². The second-order valence-corrected chi connectivity index (χ2v) is 14.0. The number of benzene rings is 7. The molecule has 0 aliphatic heterocycles. The molecule has 4 aliphatic carbocycles. The van der Waals surface area contributed by atoms with Crippen molar-refractivity contribution in [3.8, 4) is 0 Å². The van der Waals surface area contributed by atoms with Gasteiger partial charge in [0.1, 0.15) is 0 Å². The fourth-order valence-electron chi connectivity index (χ4n) is 8.49. The van der Waals surface area contributed by atoms with E-state index in [0.717, 1.165) is 12.8 Å².